The number of phosphoric acid groups is 2. The fraction of sp³-hybridized carbons (Fsp3) is 1.00. The van der Waals surface area contributed by atoms with Crippen LogP contribution in [0.3, 0.4) is 0 Å². The zero-order valence-corrected chi connectivity index (χ0v) is 30.4. The van der Waals surface area contributed by atoms with Crippen LogP contribution in [0, 0.1) is 0 Å². The van der Waals surface area contributed by atoms with Gasteiger partial charge in [0.25, 0.3) is 7.82 Å². The summed E-state index contributed by atoms with van der Waals surface area (Å²) in [6, 6.07) is 0. The summed E-state index contributed by atoms with van der Waals surface area (Å²) in [6.45, 7) is 2.73. The molecule has 0 spiro atoms. The van der Waals surface area contributed by atoms with Crippen molar-refractivity contribution in [1.29, 1.82) is 0 Å². The quantitative estimate of drug-likeness (QED) is 0.122. The fourth-order valence-electron chi connectivity index (χ4n) is 1.16. The van der Waals surface area contributed by atoms with Crippen molar-refractivity contribution in [2.24, 2.45) is 0 Å². The molecule has 0 aromatic heterocycles. The third-order valence-electron chi connectivity index (χ3n) is 2.73. The molecule has 45 heavy (non-hydrogen) atoms. The minimum atomic E-state index is -4.43. The number of rotatable bonds is 14. The molecule has 0 aliphatic carbocycles. The van der Waals surface area contributed by atoms with Crippen molar-refractivity contribution < 1.29 is 103 Å². The number of unbranched alkanes of at least 4 members (excludes halogenated alkanes) is 2. The molecule has 0 aliphatic rings. The smallest absolute Gasteiger partial charge is 0.472 e. The number of aliphatic hydroxyl groups is 1. The second-order valence-corrected chi connectivity index (χ2v) is 10.2. The molecule has 4 unspecified atom stereocenters. The molecule has 4 atom stereocenters. The summed E-state index contributed by atoms with van der Waals surface area (Å²) in [5, 5.41) is 9.11. The third-order valence-corrected chi connectivity index (χ3v) is 5.93. The van der Waals surface area contributed by atoms with E-state index in [0.717, 1.165) is 33.5 Å². The predicted molar refractivity (Wildman–Crippen MR) is 196 cm³/mol. The Balaban J connectivity index is -0.0000000187. The predicted octanol–water partition coefficient (Wildman–Crippen LogP) is 8.75. The molecule has 0 rings (SSSR count). The Bertz CT molecular complexity index is 573. The molecule has 2 N–H and O–H groups in total. The van der Waals surface area contributed by atoms with Crippen LogP contribution in [0.2, 0.25) is 0 Å². The molecule has 0 amide bonds. The summed E-state index contributed by atoms with van der Waals surface area (Å²) in [7, 11) is -2.52. The van der Waals surface area contributed by atoms with Crippen LogP contribution in [0.15, 0.2) is 0 Å². The van der Waals surface area contributed by atoms with Gasteiger partial charge in [-0.25, -0.2) is 4.57 Å². The van der Waals surface area contributed by atoms with Crippen LogP contribution < -0.4 is 9.79 Å². The molecule has 24 heteroatoms. The Morgan fingerprint density at radius 1 is 0.689 bits per heavy atom. The van der Waals surface area contributed by atoms with Crippen LogP contribution in [0.4, 0.5) is 0 Å². The van der Waals surface area contributed by atoms with E-state index in [4.69, 9.17) is 23.7 Å². The van der Waals surface area contributed by atoms with Crippen molar-refractivity contribution in [1.82, 2.24) is 0 Å². The van der Waals surface area contributed by atoms with Gasteiger partial charge in [0, 0.05) is 53.1 Å². The molecule has 1 radical (unpaired) electrons. The van der Waals surface area contributed by atoms with E-state index in [9.17, 15) is 23.5 Å². The number of hydrogen-bond donors (Lipinski definition) is 2. The molecule has 0 aliphatic heterocycles. The summed E-state index contributed by atoms with van der Waals surface area (Å²) >= 11 is 3.89. The molecular formula is C21H69O15P7SY-2. The van der Waals surface area contributed by atoms with E-state index in [1.54, 1.807) is 34.3 Å². The van der Waals surface area contributed by atoms with Crippen LogP contribution in [-0.4, -0.2) is 56.3 Å². The first kappa shape index (κ1) is 103. The van der Waals surface area contributed by atoms with Gasteiger partial charge in [-0.1, -0.05) is 105 Å². The second-order valence-electron chi connectivity index (χ2n) is 4.99. The first-order chi connectivity index (χ1) is 16.3. The van der Waals surface area contributed by atoms with Gasteiger partial charge < -0.3 is 37.9 Å². The van der Waals surface area contributed by atoms with Crippen molar-refractivity contribution in [3.63, 3.8) is 0 Å². The van der Waals surface area contributed by atoms with E-state index in [1.165, 1.54) is 0 Å². The maximum atomic E-state index is 10.8. The molecule has 0 heterocycles. The summed E-state index contributed by atoms with van der Waals surface area (Å²) in [4.78, 5) is 30.2. The van der Waals surface area contributed by atoms with Crippen LogP contribution >= 0.6 is 58.6 Å². The molecule has 0 saturated carbocycles. The number of phosphoric ester groups is 2. The average Bonchev–Trinajstić information content (AvgIpc) is 2.89. The topological polar surface area (TPSA) is 235 Å². The second kappa shape index (κ2) is 76.2. The van der Waals surface area contributed by atoms with Gasteiger partial charge in [-0.15, -0.1) is 0 Å². The van der Waals surface area contributed by atoms with E-state index in [-0.39, 0.29) is 106 Å². The molecule has 289 valence electrons. The van der Waals surface area contributed by atoms with E-state index in [1.807, 2.05) is 0 Å². The number of hydrogen-bond acceptors (Lipinski definition) is 15. The van der Waals surface area contributed by atoms with Gasteiger partial charge in [-0.3, -0.25) is 27.3 Å². The van der Waals surface area contributed by atoms with Gasteiger partial charge in [0.05, 0.1) is 19.8 Å². The number of aliphatic hydroxyl groups excluding tert-OH is 1. The van der Waals surface area contributed by atoms with E-state index >= 15 is 0 Å². The minimum absolute atomic E-state index is 0. The van der Waals surface area contributed by atoms with Crippen molar-refractivity contribution in [2.75, 3.05) is 40.2 Å². The van der Waals surface area contributed by atoms with Gasteiger partial charge in [0.2, 0.25) is 0 Å². The summed E-state index contributed by atoms with van der Waals surface area (Å²) in [5.74, 6) is 0. The maximum Gasteiger partial charge on any atom is 0.472 e. The first-order valence-corrected chi connectivity index (χ1v) is 16.4. The fourth-order valence-corrected chi connectivity index (χ4v) is 2.67. The van der Waals surface area contributed by atoms with E-state index in [2.05, 4.69) is 49.4 Å². The zero-order valence-electron chi connectivity index (χ0n) is 20.1. The van der Waals surface area contributed by atoms with Crippen LogP contribution in [0.5, 0.6) is 0 Å². The van der Waals surface area contributed by atoms with Crippen LogP contribution in [0.25, 0.3) is 0 Å². The molecular weight excluding hydrogens is 830 g/mol. The average molecular weight is 900 g/mol. The van der Waals surface area contributed by atoms with Crippen molar-refractivity contribution in [3.8, 4) is 0 Å². The maximum absolute atomic E-state index is 10.8. The Morgan fingerprint density at radius 3 is 1.29 bits per heavy atom. The first-order valence-electron chi connectivity index (χ1n) is 8.83. The van der Waals surface area contributed by atoms with Gasteiger partial charge in [-0.2, -0.15) is 0 Å². The SMILES string of the molecule is C.C.C.C.C.C.C.C.C.CCCCCOP(=O)([O-])CC.COP(=O)([O-])OCC(O)COP(=O)(O)OC.O=P.O=P.O=P.P=S.[Y]. The summed E-state index contributed by atoms with van der Waals surface area (Å²) < 4.78 is 77.5. The molecule has 0 aromatic carbocycles. The van der Waals surface area contributed by atoms with Gasteiger partial charge in [0.1, 0.15) is 41.1 Å². The van der Waals surface area contributed by atoms with Crippen molar-refractivity contribution in [3.05, 3.63) is 0 Å². The van der Waals surface area contributed by atoms with Crippen LogP contribution in [-0.2, 0) is 94.5 Å². The molecule has 15 nitrogen and oxygen atoms in total. The minimum Gasteiger partial charge on any atom is -0.779 e. The standard InChI is InChI=1S/C7H17O3P.C5H14O9P2.9CH4.3HOP.HPS.Y/c1-3-5-6-7-10-11(8,9)4-2;1-11-15(7,8)13-3-5(6)4-14-16(9,10)12-2;;;;;;;;;;4*1-2;/h3-7H2,1-2H3,(H,8,9);5-6H,3-4H2,1-2H3,(H,7,8)(H,9,10);9*1H4;3*2H;1H;/p-2. The van der Waals surface area contributed by atoms with E-state index in [0.29, 0.717) is 6.61 Å². The van der Waals surface area contributed by atoms with Gasteiger partial charge >= 0.3 is 7.82 Å². The van der Waals surface area contributed by atoms with Crippen LogP contribution in [0.1, 0.15) is 99.9 Å². The monoisotopic (exact) mass is 899 g/mol. The van der Waals surface area contributed by atoms with Gasteiger partial charge in [0.15, 0.2) is 0 Å². The zero-order chi connectivity index (χ0) is 29.6. The molecule has 0 aromatic rings. The Kier molecular flexibility index (Phi) is 175. The van der Waals surface area contributed by atoms with Crippen molar-refractivity contribution >= 4 is 70.4 Å². The largest absolute Gasteiger partial charge is 0.779 e. The van der Waals surface area contributed by atoms with E-state index < -0.39 is 42.6 Å². The van der Waals surface area contributed by atoms with Gasteiger partial charge in [-0.05, 0) is 14.4 Å². The Morgan fingerprint density at radius 2 is 1.02 bits per heavy atom. The molecule has 0 saturated heterocycles. The summed E-state index contributed by atoms with van der Waals surface area (Å²) in [5.41, 5.74) is 0. The Hall–Kier alpha value is 2.25. The summed E-state index contributed by atoms with van der Waals surface area (Å²) in [6.07, 6.45) is 1.64. The normalized spacial score (nSPS) is 11.8. The molecule has 0 fully saturated rings. The third kappa shape index (κ3) is 99.0. The van der Waals surface area contributed by atoms with Crippen molar-refractivity contribution in [2.45, 2.75) is 106 Å². The molecule has 0 bridgehead atoms. The Labute approximate surface area is 317 Å².